The first-order chi connectivity index (χ1) is 11.7. The molecule has 4 rings (SSSR count). The van der Waals surface area contributed by atoms with E-state index in [0.717, 1.165) is 38.6 Å². The van der Waals surface area contributed by atoms with Crippen LogP contribution in [-0.4, -0.2) is 9.97 Å². The Labute approximate surface area is 145 Å². The first-order valence-electron chi connectivity index (χ1n) is 7.80. The monoisotopic (exact) mass is 330 g/mol. The topological polar surface area (TPSA) is 25.8 Å². The average Bonchev–Trinajstić information content (AvgIpc) is 2.62. The van der Waals surface area contributed by atoms with Crippen molar-refractivity contribution in [2.45, 2.75) is 6.92 Å². The molecular weight excluding hydrogens is 316 g/mol. The van der Waals surface area contributed by atoms with Gasteiger partial charge in [-0.3, -0.25) is 0 Å². The standard InChI is InChI=1S/C21H15ClN2/c1-14-7-12-19-18(13-14)20(15-8-10-17(22)11-9-15)24-21(23-19)16-5-3-2-4-6-16/h2-13H,1H3. The lowest BCUT2D eigenvalue weighted by Gasteiger charge is -2.10. The number of halogens is 1. The van der Waals surface area contributed by atoms with E-state index in [0.29, 0.717) is 0 Å². The lowest BCUT2D eigenvalue weighted by Crippen LogP contribution is -1.95. The summed E-state index contributed by atoms with van der Waals surface area (Å²) in [5, 5.41) is 1.77. The molecule has 0 aliphatic rings. The molecule has 24 heavy (non-hydrogen) atoms. The van der Waals surface area contributed by atoms with Gasteiger partial charge in [-0.25, -0.2) is 9.97 Å². The van der Waals surface area contributed by atoms with Gasteiger partial charge in [-0.2, -0.15) is 0 Å². The van der Waals surface area contributed by atoms with Gasteiger partial charge in [0.1, 0.15) is 0 Å². The summed E-state index contributed by atoms with van der Waals surface area (Å²) in [6.45, 7) is 2.08. The Morgan fingerprint density at radius 2 is 1.50 bits per heavy atom. The smallest absolute Gasteiger partial charge is 0.160 e. The van der Waals surface area contributed by atoms with Crippen molar-refractivity contribution in [3.05, 3.63) is 83.4 Å². The molecule has 116 valence electrons. The van der Waals surface area contributed by atoms with Crippen molar-refractivity contribution in [2.24, 2.45) is 0 Å². The molecule has 2 nitrogen and oxygen atoms in total. The van der Waals surface area contributed by atoms with Gasteiger partial charge in [-0.15, -0.1) is 0 Å². The Balaban J connectivity index is 2.01. The zero-order valence-electron chi connectivity index (χ0n) is 13.2. The van der Waals surface area contributed by atoms with Gasteiger partial charge < -0.3 is 0 Å². The Morgan fingerprint density at radius 3 is 2.25 bits per heavy atom. The summed E-state index contributed by atoms with van der Waals surface area (Å²) in [6.07, 6.45) is 0. The second-order valence-corrected chi connectivity index (χ2v) is 6.23. The van der Waals surface area contributed by atoms with E-state index in [1.165, 1.54) is 5.56 Å². The molecule has 1 heterocycles. The lowest BCUT2D eigenvalue weighted by atomic mass is 10.0. The summed E-state index contributed by atoms with van der Waals surface area (Å²) in [5.41, 5.74) is 5.11. The van der Waals surface area contributed by atoms with Crippen LogP contribution in [0.15, 0.2) is 72.8 Å². The van der Waals surface area contributed by atoms with E-state index < -0.39 is 0 Å². The van der Waals surface area contributed by atoms with Gasteiger partial charge in [0.15, 0.2) is 5.82 Å². The van der Waals surface area contributed by atoms with E-state index >= 15 is 0 Å². The van der Waals surface area contributed by atoms with E-state index in [-0.39, 0.29) is 0 Å². The highest BCUT2D eigenvalue weighted by Crippen LogP contribution is 2.30. The fourth-order valence-electron chi connectivity index (χ4n) is 2.79. The molecule has 0 fully saturated rings. The number of aryl methyl sites for hydroxylation is 1. The molecule has 4 aromatic rings. The summed E-state index contributed by atoms with van der Waals surface area (Å²) in [6, 6.07) is 24.1. The summed E-state index contributed by atoms with van der Waals surface area (Å²) in [7, 11) is 0. The molecule has 0 unspecified atom stereocenters. The van der Waals surface area contributed by atoms with Crippen molar-refractivity contribution >= 4 is 22.5 Å². The van der Waals surface area contributed by atoms with Gasteiger partial charge in [0.2, 0.25) is 0 Å². The molecule has 0 atom stereocenters. The minimum Gasteiger partial charge on any atom is -0.228 e. The van der Waals surface area contributed by atoms with Crippen LogP contribution < -0.4 is 0 Å². The van der Waals surface area contributed by atoms with Crippen LogP contribution >= 0.6 is 11.6 Å². The number of nitrogens with zero attached hydrogens (tertiary/aromatic N) is 2. The van der Waals surface area contributed by atoms with E-state index in [1.54, 1.807) is 0 Å². The van der Waals surface area contributed by atoms with Gasteiger partial charge in [0, 0.05) is 21.5 Å². The molecule has 0 aliphatic carbocycles. The quantitative estimate of drug-likeness (QED) is 0.455. The number of benzene rings is 3. The molecule has 0 saturated carbocycles. The fourth-order valence-corrected chi connectivity index (χ4v) is 2.91. The zero-order valence-corrected chi connectivity index (χ0v) is 14.0. The summed E-state index contributed by atoms with van der Waals surface area (Å²) >= 11 is 6.04. The molecule has 0 N–H and O–H groups in total. The Kier molecular flexibility index (Phi) is 3.75. The molecule has 0 spiro atoms. The molecule has 3 heteroatoms. The molecule has 0 aliphatic heterocycles. The number of hydrogen-bond acceptors (Lipinski definition) is 2. The van der Waals surface area contributed by atoms with Crippen LogP contribution in [0.1, 0.15) is 5.56 Å². The third-order valence-electron chi connectivity index (χ3n) is 4.00. The summed E-state index contributed by atoms with van der Waals surface area (Å²) in [5.74, 6) is 0.733. The molecular formula is C21H15ClN2. The van der Waals surface area contributed by atoms with Crippen molar-refractivity contribution in [3.8, 4) is 22.6 Å². The number of hydrogen-bond donors (Lipinski definition) is 0. The van der Waals surface area contributed by atoms with Crippen LogP contribution in [0.2, 0.25) is 5.02 Å². The molecule has 0 radical (unpaired) electrons. The van der Waals surface area contributed by atoms with Gasteiger partial charge in [0.25, 0.3) is 0 Å². The molecule has 0 amide bonds. The van der Waals surface area contributed by atoms with E-state index in [2.05, 4.69) is 25.1 Å². The summed E-state index contributed by atoms with van der Waals surface area (Å²) in [4.78, 5) is 9.61. The average molecular weight is 331 g/mol. The first kappa shape index (κ1) is 14.9. The number of rotatable bonds is 2. The van der Waals surface area contributed by atoms with Crippen LogP contribution in [0.5, 0.6) is 0 Å². The Morgan fingerprint density at radius 1 is 0.750 bits per heavy atom. The fraction of sp³-hybridized carbons (Fsp3) is 0.0476. The van der Waals surface area contributed by atoms with E-state index in [1.807, 2.05) is 54.6 Å². The second kappa shape index (κ2) is 6.06. The maximum atomic E-state index is 6.04. The zero-order chi connectivity index (χ0) is 16.5. The Bertz CT molecular complexity index is 1010. The lowest BCUT2D eigenvalue weighted by molar-refractivity contribution is 1.23. The summed E-state index contributed by atoms with van der Waals surface area (Å²) < 4.78 is 0. The molecule has 0 saturated heterocycles. The van der Waals surface area contributed by atoms with Crippen LogP contribution in [0.25, 0.3) is 33.5 Å². The van der Waals surface area contributed by atoms with Crippen molar-refractivity contribution in [2.75, 3.05) is 0 Å². The van der Waals surface area contributed by atoms with Crippen molar-refractivity contribution in [1.29, 1.82) is 0 Å². The predicted octanol–water partition coefficient (Wildman–Crippen LogP) is 5.93. The first-order valence-corrected chi connectivity index (χ1v) is 8.18. The second-order valence-electron chi connectivity index (χ2n) is 5.79. The van der Waals surface area contributed by atoms with Crippen molar-refractivity contribution < 1.29 is 0 Å². The highest BCUT2D eigenvalue weighted by atomic mass is 35.5. The SMILES string of the molecule is Cc1ccc2nc(-c3ccccc3)nc(-c3ccc(Cl)cc3)c2c1. The predicted molar refractivity (Wildman–Crippen MR) is 100 cm³/mol. The minimum absolute atomic E-state index is 0.719. The number of aromatic nitrogens is 2. The van der Waals surface area contributed by atoms with Gasteiger partial charge >= 0.3 is 0 Å². The number of fused-ring (bicyclic) bond motifs is 1. The third kappa shape index (κ3) is 2.77. The minimum atomic E-state index is 0.719. The molecule has 3 aromatic carbocycles. The highest BCUT2D eigenvalue weighted by Gasteiger charge is 2.11. The van der Waals surface area contributed by atoms with Crippen molar-refractivity contribution in [1.82, 2.24) is 9.97 Å². The maximum Gasteiger partial charge on any atom is 0.160 e. The Hall–Kier alpha value is -2.71. The molecule has 0 bridgehead atoms. The van der Waals surface area contributed by atoms with Crippen molar-refractivity contribution in [3.63, 3.8) is 0 Å². The van der Waals surface area contributed by atoms with Crippen LogP contribution in [0.3, 0.4) is 0 Å². The van der Waals surface area contributed by atoms with E-state index in [4.69, 9.17) is 21.6 Å². The van der Waals surface area contributed by atoms with Gasteiger partial charge in [-0.05, 0) is 31.2 Å². The largest absolute Gasteiger partial charge is 0.228 e. The van der Waals surface area contributed by atoms with Crippen LogP contribution in [-0.2, 0) is 0 Å². The normalized spacial score (nSPS) is 10.9. The van der Waals surface area contributed by atoms with Gasteiger partial charge in [0.05, 0.1) is 11.2 Å². The van der Waals surface area contributed by atoms with Crippen LogP contribution in [0, 0.1) is 6.92 Å². The molecule has 1 aromatic heterocycles. The van der Waals surface area contributed by atoms with E-state index in [9.17, 15) is 0 Å². The highest BCUT2D eigenvalue weighted by molar-refractivity contribution is 6.30. The van der Waals surface area contributed by atoms with Crippen LogP contribution in [0.4, 0.5) is 0 Å². The maximum absolute atomic E-state index is 6.04. The van der Waals surface area contributed by atoms with Gasteiger partial charge in [-0.1, -0.05) is 65.7 Å². The third-order valence-corrected chi connectivity index (χ3v) is 4.25.